The summed E-state index contributed by atoms with van der Waals surface area (Å²) in [5.41, 5.74) is 2.10. The van der Waals surface area contributed by atoms with Crippen molar-refractivity contribution in [1.82, 2.24) is 24.7 Å². The van der Waals surface area contributed by atoms with Gasteiger partial charge in [-0.2, -0.15) is 18.3 Å². The van der Waals surface area contributed by atoms with Gasteiger partial charge in [-0.25, -0.2) is 0 Å². The monoisotopic (exact) mass is 496 g/mol. The molecule has 2 aromatic rings. The van der Waals surface area contributed by atoms with Crippen LogP contribution in [0.4, 0.5) is 13.2 Å². The molecule has 0 radical (unpaired) electrons. The summed E-state index contributed by atoms with van der Waals surface area (Å²) in [5.74, 6) is -0.719. The van der Waals surface area contributed by atoms with E-state index in [9.17, 15) is 18.0 Å². The maximum atomic E-state index is 13.6. The molecule has 1 atom stereocenters. The number of alkyl halides is 3. The van der Waals surface area contributed by atoms with Crippen LogP contribution in [-0.2, 0) is 11.2 Å². The first kappa shape index (κ1) is 23.3. The minimum atomic E-state index is -4.47. The van der Waals surface area contributed by atoms with Crippen LogP contribution in [0.25, 0.3) is 10.9 Å². The molecular weight excluding hydrogens is 469 g/mol. The number of nitrogens with one attached hydrogen (secondary N) is 1. The Kier molecular flexibility index (Phi) is 6.14. The number of aromatic nitrogens is 1. The van der Waals surface area contributed by atoms with Gasteiger partial charge in [-0.3, -0.25) is 9.80 Å². The zero-order chi connectivity index (χ0) is 24.0. The lowest BCUT2D eigenvalue weighted by Crippen LogP contribution is -2.57. The summed E-state index contributed by atoms with van der Waals surface area (Å²) in [6.45, 7) is 4.58. The number of carbonyl (C=O) groups excluding carboxylic acids is 1. The molecule has 11 heteroatoms. The second kappa shape index (κ2) is 8.96. The van der Waals surface area contributed by atoms with Gasteiger partial charge < -0.3 is 19.7 Å². The van der Waals surface area contributed by atoms with Gasteiger partial charge in [0.2, 0.25) is 11.7 Å². The lowest BCUT2D eigenvalue weighted by atomic mass is 10.0. The Hall–Kier alpha value is -2.46. The fourth-order valence-electron chi connectivity index (χ4n) is 5.42. The zero-order valence-electron chi connectivity index (χ0n) is 19.0. The van der Waals surface area contributed by atoms with E-state index in [-0.39, 0.29) is 18.5 Å². The SMILES string of the molecule is CC(=O)N1CCC(n2c(CCN3N=C(C(F)(F)F)N4CCNCC34)cc3cc(Cl)ccc32)CC1. The number of carbonyl (C=O) groups is 1. The molecule has 3 aliphatic rings. The molecule has 184 valence electrons. The van der Waals surface area contributed by atoms with Crippen molar-refractivity contribution in [2.75, 3.05) is 39.3 Å². The van der Waals surface area contributed by atoms with E-state index in [0.29, 0.717) is 44.2 Å². The van der Waals surface area contributed by atoms with Gasteiger partial charge >= 0.3 is 6.18 Å². The quantitative estimate of drug-likeness (QED) is 0.704. The maximum Gasteiger partial charge on any atom is 0.451 e. The molecule has 1 aromatic carbocycles. The highest BCUT2D eigenvalue weighted by Crippen LogP contribution is 2.33. The maximum absolute atomic E-state index is 13.6. The molecule has 2 fully saturated rings. The number of halogens is 4. The van der Waals surface area contributed by atoms with Crippen molar-refractivity contribution in [3.8, 4) is 0 Å². The van der Waals surface area contributed by atoms with Crippen LogP contribution >= 0.6 is 11.6 Å². The molecule has 5 rings (SSSR count). The van der Waals surface area contributed by atoms with Crippen molar-refractivity contribution in [3.63, 3.8) is 0 Å². The predicted molar refractivity (Wildman–Crippen MR) is 125 cm³/mol. The highest BCUT2D eigenvalue weighted by molar-refractivity contribution is 6.31. The summed E-state index contributed by atoms with van der Waals surface area (Å²) in [7, 11) is 0. The van der Waals surface area contributed by atoms with Crippen LogP contribution in [0.5, 0.6) is 0 Å². The van der Waals surface area contributed by atoms with E-state index in [1.807, 2.05) is 23.1 Å². The Bertz CT molecular complexity index is 1110. The number of benzene rings is 1. The second-order valence-electron chi connectivity index (χ2n) is 9.16. The average molecular weight is 497 g/mol. The first-order valence-corrected chi connectivity index (χ1v) is 12.0. The van der Waals surface area contributed by atoms with Crippen molar-refractivity contribution in [1.29, 1.82) is 0 Å². The summed E-state index contributed by atoms with van der Waals surface area (Å²) < 4.78 is 43.0. The van der Waals surface area contributed by atoms with Gasteiger partial charge in [-0.15, -0.1) is 0 Å². The number of likely N-dealkylation sites (tertiary alicyclic amines) is 1. The summed E-state index contributed by atoms with van der Waals surface area (Å²) in [6, 6.07) is 8.08. The van der Waals surface area contributed by atoms with E-state index in [0.717, 1.165) is 29.4 Å². The van der Waals surface area contributed by atoms with E-state index in [1.165, 1.54) is 4.90 Å². The van der Waals surface area contributed by atoms with Crippen LogP contribution in [-0.4, -0.2) is 82.7 Å². The molecule has 1 aromatic heterocycles. The summed E-state index contributed by atoms with van der Waals surface area (Å²) in [4.78, 5) is 15.0. The van der Waals surface area contributed by atoms with Crippen LogP contribution < -0.4 is 5.32 Å². The molecule has 7 nitrogen and oxygen atoms in total. The molecule has 1 amide bonds. The third-order valence-electron chi connectivity index (χ3n) is 7.06. The van der Waals surface area contributed by atoms with Gasteiger partial charge in [0.1, 0.15) is 6.17 Å². The standard InChI is InChI=1S/C23H28ClF3N6O/c1-15(34)30-8-4-18(5-9-30)33-19(13-16-12-17(24)2-3-20(16)33)6-10-32-21-14-28-7-11-31(21)22(29-32)23(25,26)27/h2-3,12-13,18,21,28H,4-11,14H2,1H3. The fourth-order valence-corrected chi connectivity index (χ4v) is 5.60. The predicted octanol–water partition coefficient (Wildman–Crippen LogP) is 3.44. The van der Waals surface area contributed by atoms with Gasteiger partial charge in [-0.1, -0.05) is 11.6 Å². The van der Waals surface area contributed by atoms with Crippen LogP contribution in [0, 0.1) is 0 Å². The van der Waals surface area contributed by atoms with Crippen molar-refractivity contribution >= 4 is 34.2 Å². The Balaban J connectivity index is 1.41. The Morgan fingerprint density at radius 1 is 1.21 bits per heavy atom. The van der Waals surface area contributed by atoms with Crippen LogP contribution in [0.2, 0.25) is 5.02 Å². The van der Waals surface area contributed by atoms with Gasteiger partial charge in [0, 0.05) is 80.3 Å². The Morgan fingerprint density at radius 2 is 1.97 bits per heavy atom. The third kappa shape index (κ3) is 4.33. The minimum absolute atomic E-state index is 0.0841. The second-order valence-corrected chi connectivity index (χ2v) is 9.60. The number of hydrogen-bond donors (Lipinski definition) is 1. The first-order chi connectivity index (χ1) is 16.2. The van der Waals surface area contributed by atoms with E-state index in [2.05, 4.69) is 21.1 Å². The van der Waals surface area contributed by atoms with E-state index in [4.69, 9.17) is 11.6 Å². The minimum Gasteiger partial charge on any atom is -0.343 e. The Labute approximate surface area is 201 Å². The molecule has 2 saturated heterocycles. The zero-order valence-corrected chi connectivity index (χ0v) is 19.7. The van der Waals surface area contributed by atoms with Gasteiger partial charge in [0.05, 0.1) is 0 Å². The smallest absolute Gasteiger partial charge is 0.343 e. The van der Waals surface area contributed by atoms with Crippen LogP contribution in [0.1, 0.15) is 31.5 Å². The molecule has 0 saturated carbocycles. The number of rotatable bonds is 4. The van der Waals surface area contributed by atoms with Gasteiger partial charge in [-0.05, 0) is 37.1 Å². The molecule has 1 N–H and O–H groups in total. The molecule has 0 aliphatic carbocycles. The lowest BCUT2D eigenvalue weighted by molar-refractivity contribution is -0.130. The number of amidine groups is 1. The number of hydrazone groups is 1. The summed E-state index contributed by atoms with van der Waals surface area (Å²) in [6.07, 6.45) is -2.69. The van der Waals surface area contributed by atoms with Crippen molar-refractivity contribution in [2.24, 2.45) is 5.10 Å². The van der Waals surface area contributed by atoms with Crippen molar-refractivity contribution in [2.45, 2.75) is 44.6 Å². The van der Waals surface area contributed by atoms with Crippen molar-refractivity contribution < 1.29 is 18.0 Å². The van der Waals surface area contributed by atoms with E-state index >= 15 is 0 Å². The number of piperidine rings is 1. The molecule has 0 spiro atoms. The summed E-state index contributed by atoms with van der Waals surface area (Å²) >= 11 is 6.24. The third-order valence-corrected chi connectivity index (χ3v) is 7.30. The number of amides is 1. The highest BCUT2D eigenvalue weighted by atomic mass is 35.5. The lowest BCUT2D eigenvalue weighted by Gasteiger charge is -2.36. The van der Waals surface area contributed by atoms with Crippen molar-refractivity contribution in [3.05, 3.63) is 35.0 Å². The fraction of sp³-hybridized carbons (Fsp3) is 0.565. The number of piperazine rings is 1. The van der Waals surface area contributed by atoms with E-state index in [1.54, 1.807) is 11.9 Å². The molecule has 0 bridgehead atoms. The van der Waals surface area contributed by atoms with Gasteiger partial charge in [0.15, 0.2) is 0 Å². The first-order valence-electron chi connectivity index (χ1n) is 11.7. The largest absolute Gasteiger partial charge is 0.451 e. The number of fused-ring (bicyclic) bond motifs is 2. The molecular formula is C23H28ClF3N6O. The van der Waals surface area contributed by atoms with Crippen LogP contribution in [0.15, 0.2) is 29.4 Å². The molecule has 34 heavy (non-hydrogen) atoms. The number of nitrogens with zero attached hydrogens (tertiary/aromatic N) is 5. The van der Waals surface area contributed by atoms with Crippen LogP contribution in [0.3, 0.4) is 0 Å². The normalized spacial score (nSPS) is 21.9. The van der Waals surface area contributed by atoms with Gasteiger partial charge in [0.25, 0.3) is 0 Å². The summed E-state index contributed by atoms with van der Waals surface area (Å²) in [5, 5.41) is 10.4. The molecule has 1 unspecified atom stereocenters. The molecule has 3 aliphatic heterocycles. The topological polar surface area (TPSA) is 56.1 Å². The molecule has 4 heterocycles. The average Bonchev–Trinajstić information content (AvgIpc) is 3.35. The number of hydrogen-bond acceptors (Lipinski definition) is 5. The highest BCUT2D eigenvalue weighted by Gasteiger charge is 2.48. The Morgan fingerprint density at radius 3 is 2.68 bits per heavy atom. The van der Waals surface area contributed by atoms with E-state index < -0.39 is 18.2 Å².